The molecule has 0 saturated heterocycles. The molecule has 5 heteroatoms. The molecule has 1 fully saturated rings. The fourth-order valence-corrected chi connectivity index (χ4v) is 1.90. The highest BCUT2D eigenvalue weighted by molar-refractivity contribution is 5.70. The van der Waals surface area contributed by atoms with Crippen molar-refractivity contribution in [2.75, 3.05) is 13.2 Å². The SMILES string of the molecule is C=CCOC(=O)NC[C@H]1CC[C@@H](C(=O)O)C1. The van der Waals surface area contributed by atoms with Crippen molar-refractivity contribution < 1.29 is 19.4 Å². The average Bonchev–Trinajstić information content (AvgIpc) is 2.72. The predicted molar refractivity (Wildman–Crippen MR) is 58.0 cm³/mol. The second-order valence-electron chi connectivity index (χ2n) is 3.98. The number of alkyl carbamates (subject to hydrolysis) is 1. The van der Waals surface area contributed by atoms with Gasteiger partial charge in [-0.2, -0.15) is 0 Å². The summed E-state index contributed by atoms with van der Waals surface area (Å²) in [6, 6.07) is 0. The van der Waals surface area contributed by atoms with Crippen LogP contribution in [0.3, 0.4) is 0 Å². The van der Waals surface area contributed by atoms with Gasteiger partial charge in [-0.15, -0.1) is 0 Å². The van der Waals surface area contributed by atoms with Gasteiger partial charge in [0.15, 0.2) is 0 Å². The molecule has 1 amide bonds. The van der Waals surface area contributed by atoms with Gasteiger partial charge < -0.3 is 15.2 Å². The Morgan fingerprint density at radius 1 is 1.50 bits per heavy atom. The number of ether oxygens (including phenoxy) is 1. The lowest BCUT2D eigenvalue weighted by Gasteiger charge is -2.10. The van der Waals surface area contributed by atoms with Gasteiger partial charge in [-0.05, 0) is 25.2 Å². The number of carbonyl (C=O) groups excluding carboxylic acids is 1. The summed E-state index contributed by atoms with van der Waals surface area (Å²) in [5.74, 6) is -0.745. The number of carbonyl (C=O) groups is 2. The summed E-state index contributed by atoms with van der Waals surface area (Å²) in [6.45, 7) is 4.10. The Morgan fingerprint density at radius 2 is 2.25 bits per heavy atom. The molecule has 2 atom stereocenters. The van der Waals surface area contributed by atoms with Crippen LogP contribution in [0.1, 0.15) is 19.3 Å². The van der Waals surface area contributed by atoms with Gasteiger partial charge in [0.25, 0.3) is 0 Å². The maximum absolute atomic E-state index is 11.1. The van der Waals surface area contributed by atoms with Crippen molar-refractivity contribution in [3.05, 3.63) is 12.7 Å². The smallest absolute Gasteiger partial charge is 0.407 e. The van der Waals surface area contributed by atoms with Crippen LogP contribution in [-0.2, 0) is 9.53 Å². The monoisotopic (exact) mass is 227 g/mol. The maximum Gasteiger partial charge on any atom is 0.407 e. The van der Waals surface area contributed by atoms with E-state index in [2.05, 4.69) is 11.9 Å². The number of rotatable bonds is 5. The molecule has 0 aromatic rings. The lowest BCUT2D eigenvalue weighted by molar-refractivity contribution is -0.141. The van der Waals surface area contributed by atoms with E-state index in [1.807, 2.05) is 0 Å². The number of carboxylic acids is 1. The molecule has 1 saturated carbocycles. The minimum atomic E-state index is -0.739. The Labute approximate surface area is 94.5 Å². The largest absolute Gasteiger partial charge is 0.481 e. The van der Waals surface area contributed by atoms with Crippen molar-refractivity contribution in [3.8, 4) is 0 Å². The molecule has 0 aromatic heterocycles. The molecule has 0 spiro atoms. The molecule has 0 heterocycles. The van der Waals surface area contributed by atoms with Gasteiger partial charge in [-0.1, -0.05) is 12.7 Å². The van der Waals surface area contributed by atoms with Crippen LogP contribution in [0.2, 0.25) is 0 Å². The minimum absolute atomic E-state index is 0.189. The van der Waals surface area contributed by atoms with E-state index in [0.717, 1.165) is 6.42 Å². The third kappa shape index (κ3) is 3.92. The molecule has 0 aromatic carbocycles. The van der Waals surface area contributed by atoms with Gasteiger partial charge in [-0.25, -0.2) is 4.79 Å². The van der Waals surface area contributed by atoms with E-state index in [-0.39, 0.29) is 18.4 Å². The third-order valence-electron chi connectivity index (χ3n) is 2.76. The van der Waals surface area contributed by atoms with E-state index in [4.69, 9.17) is 9.84 Å². The summed E-state index contributed by atoms with van der Waals surface area (Å²) < 4.78 is 4.74. The Morgan fingerprint density at radius 3 is 2.81 bits per heavy atom. The number of hydrogen-bond donors (Lipinski definition) is 2. The molecule has 5 nitrogen and oxygen atoms in total. The van der Waals surface area contributed by atoms with Gasteiger partial charge >= 0.3 is 12.1 Å². The molecule has 90 valence electrons. The Kier molecular flexibility index (Phi) is 4.82. The molecule has 2 N–H and O–H groups in total. The maximum atomic E-state index is 11.1. The number of carboxylic acid groups (broad SMARTS) is 1. The van der Waals surface area contributed by atoms with Crippen molar-refractivity contribution >= 4 is 12.1 Å². The summed E-state index contributed by atoms with van der Waals surface area (Å²) >= 11 is 0. The van der Waals surface area contributed by atoms with Gasteiger partial charge in [0.05, 0.1) is 5.92 Å². The van der Waals surface area contributed by atoms with Crippen LogP contribution in [0.25, 0.3) is 0 Å². The quantitative estimate of drug-likeness (QED) is 0.696. The van der Waals surface area contributed by atoms with Crippen molar-refractivity contribution in [1.29, 1.82) is 0 Å². The lowest BCUT2D eigenvalue weighted by Crippen LogP contribution is -2.29. The first kappa shape index (κ1) is 12.5. The van der Waals surface area contributed by atoms with Crippen LogP contribution in [0.4, 0.5) is 4.79 Å². The number of hydrogen-bond acceptors (Lipinski definition) is 3. The highest BCUT2D eigenvalue weighted by Crippen LogP contribution is 2.30. The zero-order valence-corrected chi connectivity index (χ0v) is 9.15. The second-order valence-corrected chi connectivity index (χ2v) is 3.98. The van der Waals surface area contributed by atoms with Crippen molar-refractivity contribution in [1.82, 2.24) is 5.32 Å². The average molecular weight is 227 g/mol. The van der Waals surface area contributed by atoms with Crippen LogP contribution in [0.5, 0.6) is 0 Å². The first-order valence-corrected chi connectivity index (χ1v) is 5.37. The molecule has 1 aliphatic carbocycles. The van der Waals surface area contributed by atoms with Crippen LogP contribution >= 0.6 is 0 Å². The summed E-state index contributed by atoms with van der Waals surface area (Å²) in [4.78, 5) is 21.8. The highest BCUT2D eigenvalue weighted by Gasteiger charge is 2.29. The standard InChI is InChI=1S/C11H17NO4/c1-2-5-16-11(15)12-7-8-3-4-9(6-8)10(13)14/h2,8-9H,1,3-7H2,(H,12,15)(H,13,14)/t8-,9+/m0/s1. The van der Waals surface area contributed by atoms with Crippen LogP contribution in [0, 0.1) is 11.8 Å². The van der Waals surface area contributed by atoms with Crippen molar-refractivity contribution in [2.24, 2.45) is 11.8 Å². The molecule has 1 rings (SSSR count). The molecule has 1 aliphatic rings. The van der Waals surface area contributed by atoms with E-state index in [1.165, 1.54) is 6.08 Å². The van der Waals surface area contributed by atoms with E-state index in [9.17, 15) is 9.59 Å². The van der Waals surface area contributed by atoms with Gasteiger partial charge in [0.1, 0.15) is 6.61 Å². The molecular formula is C11H17NO4. The van der Waals surface area contributed by atoms with Crippen LogP contribution in [-0.4, -0.2) is 30.3 Å². The van der Waals surface area contributed by atoms with Crippen LogP contribution < -0.4 is 5.32 Å². The molecule has 0 radical (unpaired) electrons. The summed E-state index contributed by atoms with van der Waals surface area (Å²) in [7, 11) is 0. The summed E-state index contributed by atoms with van der Waals surface area (Å²) in [5.41, 5.74) is 0. The zero-order valence-electron chi connectivity index (χ0n) is 9.15. The molecule has 16 heavy (non-hydrogen) atoms. The van der Waals surface area contributed by atoms with Gasteiger partial charge in [0, 0.05) is 6.54 Å². The Balaban J connectivity index is 2.17. The third-order valence-corrected chi connectivity index (χ3v) is 2.76. The Bertz CT molecular complexity index is 277. The fourth-order valence-electron chi connectivity index (χ4n) is 1.90. The van der Waals surface area contributed by atoms with Crippen LogP contribution in [0.15, 0.2) is 12.7 Å². The van der Waals surface area contributed by atoms with Gasteiger partial charge in [0.2, 0.25) is 0 Å². The molecule has 0 bridgehead atoms. The molecular weight excluding hydrogens is 210 g/mol. The Hall–Kier alpha value is -1.52. The summed E-state index contributed by atoms with van der Waals surface area (Å²) in [5, 5.41) is 11.4. The normalized spacial score (nSPS) is 23.8. The predicted octanol–water partition coefficient (Wildman–Crippen LogP) is 1.40. The summed E-state index contributed by atoms with van der Waals surface area (Å²) in [6.07, 6.45) is 3.20. The first-order valence-electron chi connectivity index (χ1n) is 5.37. The van der Waals surface area contributed by atoms with Gasteiger partial charge in [-0.3, -0.25) is 4.79 Å². The minimum Gasteiger partial charge on any atom is -0.481 e. The number of aliphatic carboxylic acids is 1. The molecule has 0 aliphatic heterocycles. The number of nitrogens with one attached hydrogen (secondary N) is 1. The lowest BCUT2D eigenvalue weighted by atomic mass is 10.1. The van der Waals surface area contributed by atoms with E-state index >= 15 is 0 Å². The van der Waals surface area contributed by atoms with E-state index in [1.54, 1.807) is 0 Å². The van der Waals surface area contributed by atoms with E-state index in [0.29, 0.717) is 19.4 Å². The zero-order chi connectivity index (χ0) is 12.0. The molecule has 0 unspecified atom stereocenters. The second kappa shape index (κ2) is 6.15. The van der Waals surface area contributed by atoms with Crippen molar-refractivity contribution in [3.63, 3.8) is 0 Å². The van der Waals surface area contributed by atoms with E-state index < -0.39 is 12.1 Å². The highest BCUT2D eigenvalue weighted by atomic mass is 16.5. The number of amides is 1. The first-order chi connectivity index (χ1) is 7.63. The topological polar surface area (TPSA) is 75.6 Å². The van der Waals surface area contributed by atoms with Crippen molar-refractivity contribution in [2.45, 2.75) is 19.3 Å². The fraction of sp³-hybridized carbons (Fsp3) is 0.636.